The van der Waals surface area contributed by atoms with Crippen molar-refractivity contribution in [2.75, 3.05) is 31.7 Å². The van der Waals surface area contributed by atoms with Crippen molar-refractivity contribution >= 4 is 27.9 Å². The number of imidazole rings is 1. The second-order valence-corrected chi connectivity index (χ2v) is 5.93. The van der Waals surface area contributed by atoms with E-state index in [-0.39, 0.29) is 31.4 Å². The van der Waals surface area contributed by atoms with Crippen LogP contribution in [-0.2, 0) is 0 Å². The minimum absolute atomic E-state index is 0.109. The highest BCUT2D eigenvalue weighted by molar-refractivity contribution is 7.15. The Kier molecular flexibility index (Phi) is 3.93. The maximum atomic E-state index is 11.2. The molecule has 0 atom stereocenters. The predicted octanol–water partition coefficient (Wildman–Crippen LogP) is 0.731. The van der Waals surface area contributed by atoms with Gasteiger partial charge >= 0.3 is 5.82 Å². The standard InChI is InChI=1S/C11H16N4O4S/c1-11(6-16,7-17)5-13(2)8-9(15(18)19)14-3-4-20-10(14)12-8/h3-4,16-17H,5-7H2,1-2H3. The summed E-state index contributed by atoms with van der Waals surface area (Å²) in [6.07, 6.45) is 1.60. The van der Waals surface area contributed by atoms with E-state index in [1.165, 1.54) is 15.7 Å². The molecule has 0 amide bonds. The van der Waals surface area contributed by atoms with Gasteiger partial charge in [-0.3, -0.25) is 0 Å². The summed E-state index contributed by atoms with van der Waals surface area (Å²) in [6, 6.07) is 0. The zero-order valence-electron chi connectivity index (χ0n) is 11.2. The predicted molar refractivity (Wildman–Crippen MR) is 75.3 cm³/mol. The van der Waals surface area contributed by atoms with E-state index >= 15 is 0 Å². The molecule has 2 aromatic heterocycles. The van der Waals surface area contributed by atoms with Crippen molar-refractivity contribution in [1.29, 1.82) is 0 Å². The minimum atomic E-state index is -0.750. The second-order valence-electron chi connectivity index (χ2n) is 5.05. The highest BCUT2D eigenvalue weighted by Gasteiger charge is 2.31. The Bertz CT molecular complexity index is 619. The number of fused-ring (bicyclic) bond motifs is 1. The Labute approximate surface area is 119 Å². The molecule has 0 aliphatic carbocycles. The molecule has 0 unspecified atom stereocenters. The van der Waals surface area contributed by atoms with E-state index in [1.54, 1.807) is 30.4 Å². The van der Waals surface area contributed by atoms with Gasteiger partial charge in [-0.1, -0.05) is 18.3 Å². The van der Waals surface area contributed by atoms with Crippen molar-refractivity contribution in [3.05, 3.63) is 21.7 Å². The number of aliphatic hydroxyl groups excluding tert-OH is 2. The van der Waals surface area contributed by atoms with Crippen molar-refractivity contribution in [3.8, 4) is 0 Å². The summed E-state index contributed by atoms with van der Waals surface area (Å²) in [4.78, 5) is 17.1. The lowest BCUT2D eigenvalue weighted by molar-refractivity contribution is -0.389. The fraction of sp³-hybridized carbons (Fsp3) is 0.545. The second kappa shape index (κ2) is 5.35. The maximum absolute atomic E-state index is 11.2. The molecule has 0 radical (unpaired) electrons. The monoisotopic (exact) mass is 300 g/mol. The number of anilines is 1. The Morgan fingerprint density at radius 1 is 1.55 bits per heavy atom. The molecular weight excluding hydrogens is 284 g/mol. The van der Waals surface area contributed by atoms with E-state index in [0.717, 1.165) is 0 Å². The fourth-order valence-corrected chi connectivity index (χ4v) is 2.69. The first-order chi connectivity index (χ1) is 9.41. The van der Waals surface area contributed by atoms with E-state index in [4.69, 9.17) is 0 Å². The van der Waals surface area contributed by atoms with Crippen molar-refractivity contribution in [2.24, 2.45) is 5.41 Å². The van der Waals surface area contributed by atoms with Gasteiger partial charge in [0.25, 0.3) is 4.96 Å². The van der Waals surface area contributed by atoms with E-state index in [1.807, 2.05) is 0 Å². The third kappa shape index (κ3) is 2.47. The number of hydrogen-bond donors (Lipinski definition) is 2. The molecule has 20 heavy (non-hydrogen) atoms. The molecule has 8 nitrogen and oxygen atoms in total. The molecule has 0 aliphatic rings. The summed E-state index contributed by atoms with van der Waals surface area (Å²) in [5, 5.41) is 31.6. The van der Waals surface area contributed by atoms with Crippen LogP contribution >= 0.6 is 11.3 Å². The Hall–Kier alpha value is -1.71. The van der Waals surface area contributed by atoms with Crippen LogP contribution in [0.15, 0.2) is 11.6 Å². The molecule has 110 valence electrons. The van der Waals surface area contributed by atoms with Gasteiger partial charge in [0, 0.05) is 24.4 Å². The van der Waals surface area contributed by atoms with Crippen LogP contribution in [0.4, 0.5) is 11.6 Å². The van der Waals surface area contributed by atoms with E-state index in [0.29, 0.717) is 4.96 Å². The summed E-state index contributed by atoms with van der Waals surface area (Å²) in [7, 11) is 1.66. The molecule has 2 heterocycles. The normalized spacial score (nSPS) is 12.0. The zero-order chi connectivity index (χ0) is 14.9. The van der Waals surface area contributed by atoms with Crippen LogP contribution in [0, 0.1) is 15.5 Å². The van der Waals surface area contributed by atoms with Crippen molar-refractivity contribution in [1.82, 2.24) is 9.38 Å². The lowest BCUT2D eigenvalue weighted by Gasteiger charge is -2.30. The average Bonchev–Trinajstić information content (AvgIpc) is 2.97. The molecule has 0 saturated heterocycles. The lowest BCUT2D eigenvalue weighted by Crippen LogP contribution is -2.39. The molecule has 0 fully saturated rings. The van der Waals surface area contributed by atoms with Gasteiger partial charge in [0.2, 0.25) is 5.82 Å². The first-order valence-electron chi connectivity index (χ1n) is 5.94. The molecule has 2 N–H and O–H groups in total. The Morgan fingerprint density at radius 2 is 2.20 bits per heavy atom. The maximum Gasteiger partial charge on any atom is 0.373 e. The van der Waals surface area contributed by atoms with Crippen molar-refractivity contribution in [3.63, 3.8) is 0 Å². The van der Waals surface area contributed by atoms with Crippen LogP contribution < -0.4 is 4.90 Å². The van der Waals surface area contributed by atoms with E-state index in [2.05, 4.69) is 4.98 Å². The highest BCUT2D eigenvalue weighted by Crippen LogP contribution is 2.31. The van der Waals surface area contributed by atoms with Crippen LogP contribution in [0.25, 0.3) is 4.96 Å². The van der Waals surface area contributed by atoms with Crippen LogP contribution in [0.2, 0.25) is 0 Å². The van der Waals surface area contributed by atoms with Gasteiger partial charge in [-0.2, -0.15) is 9.38 Å². The molecule has 0 aromatic carbocycles. The summed E-state index contributed by atoms with van der Waals surface area (Å²) in [6.45, 7) is 1.52. The van der Waals surface area contributed by atoms with Gasteiger partial charge in [-0.05, 0) is 4.92 Å². The summed E-state index contributed by atoms with van der Waals surface area (Å²) < 4.78 is 1.42. The van der Waals surface area contributed by atoms with Gasteiger partial charge in [0.1, 0.15) is 6.20 Å². The molecule has 0 aliphatic heterocycles. The molecule has 0 bridgehead atoms. The van der Waals surface area contributed by atoms with Crippen LogP contribution in [0.1, 0.15) is 6.92 Å². The SMILES string of the molecule is CN(CC(C)(CO)CO)c1nc2sccn2c1[N+](=O)[O-]. The molecule has 2 aromatic rings. The summed E-state index contributed by atoms with van der Waals surface area (Å²) in [5.41, 5.74) is -0.750. The van der Waals surface area contributed by atoms with Crippen LogP contribution in [-0.4, -0.2) is 51.3 Å². The molecule has 2 rings (SSSR count). The Balaban J connectivity index is 2.39. The van der Waals surface area contributed by atoms with Gasteiger partial charge in [-0.25, -0.2) is 0 Å². The van der Waals surface area contributed by atoms with E-state index in [9.17, 15) is 20.3 Å². The zero-order valence-corrected chi connectivity index (χ0v) is 12.0. The highest BCUT2D eigenvalue weighted by atomic mass is 32.1. The Morgan fingerprint density at radius 3 is 2.75 bits per heavy atom. The third-order valence-electron chi connectivity index (χ3n) is 3.14. The number of rotatable bonds is 6. The topological polar surface area (TPSA) is 104 Å². The van der Waals surface area contributed by atoms with Gasteiger partial charge in [0.05, 0.1) is 13.2 Å². The third-order valence-corrected chi connectivity index (χ3v) is 3.89. The molecular formula is C11H16N4O4S. The lowest BCUT2D eigenvalue weighted by atomic mass is 9.92. The van der Waals surface area contributed by atoms with Gasteiger partial charge in [-0.15, -0.1) is 0 Å². The van der Waals surface area contributed by atoms with Crippen LogP contribution in [0.5, 0.6) is 0 Å². The number of nitrogens with zero attached hydrogens (tertiary/aromatic N) is 4. The number of hydrogen-bond acceptors (Lipinski definition) is 7. The van der Waals surface area contributed by atoms with E-state index < -0.39 is 10.3 Å². The van der Waals surface area contributed by atoms with Crippen LogP contribution in [0.3, 0.4) is 0 Å². The van der Waals surface area contributed by atoms with Crippen molar-refractivity contribution in [2.45, 2.75) is 6.92 Å². The summed E-state index contributed by atoms with van der Waals surface area (Å²) >= 11 is 1.31. The molecule has 0 spiro atoms. The fourth-order valence-electron chi connectivity index (χ4n) is 1.99. The largest absolute Gasteiger partial charge is 0.396 e. The number of aromatic nitrogens is 2. The smallest absolute Gasteiger partial charge is 0.373 e. The van der Waals surface area contributed by atoms with Crippen molar-refractivity contribution < 1.29 is 15.1 Å². The molecule has 9 heteroatoms. The quantitative estimate of drug-likeness (QED) is 0.602. The van der Waals surface area contributed by atoms with Gasteiger partial charge in [0.15, 0.2) is 0 Å². The summed E-state index contributed by atoms with van der Waals surface area (Å²) in [5.74, 6) is 0.122. The first kappa shape index (κ1) is 14.7. The first-order valence-corrected chi connectivity index (χ1v) is 6.82. The molecule has 0 saturated carbocycles. The minimum Gasteiger partial charge on any atom is -0.396 e. The van der Waals surface area contributed by atoms with Gasteiger partial charge < -0.3 is 25.2 Å². The number of aliphatic hydroxyl groups is 2. The number of nitro groups is 1. The average molecular weight is 300 g/mol. The number of thiazole rings is 1.